The highest BCUT2D eigenvalue weighted by atomic mass is 32.1. The van der Waals surface area contributed by atoms with Crippen molar-refractivity contribution in [2.24, 2.45) is 0 Å². The Bertz CT molecular complexity index is 426. The van der Waals surface area contributed by atoms with Crippen LogP contribution in [0.3, 0.4) is 0 Å². The van der Waals surface area contributed by atoms with Gasteiger partial charge in [-0.25, -0.2) is 0 Å². The van der Waals surface area contributed by atoms with Crippen LogP contribution in [-0.4, -0.2) is 24.5 Å². The number of alkyl halides is 6. The maximum atomic E-state index is 12.3. The van der Waals surface area contributed by atoms with Gasteiger partial charge in [-0.3, -0.25) is 0 Å². The van der Waals surface area contributed by atoms with Gasteiger partial charge in [-0.05, 0) is 12.1 Å². The first-order chi connectivity index (χ1) is 9.50. The van der Waals surface area contributed by atoms with E-state index in [1.54, 1.807) is 6.07 Å². The molecule has 122 valence electrons. The second-order valence-electron chi connectivity index (χ2n) is 4.68. The average molecular weight is 335 g/mol. The molecule has 0 amide bonds. The normalized spacial score (nSPS) is 13.4. The van der Waals surface area contributed by atoms with E-state index in [1.165, 1.54) is 6.07 Å². The second kappa shape index (κ2) is 6.97. The lowest BCUT2D eigenvalue weighted by Gasteiger charge is -2.22. The molecule has 0 bridgehead atoms. The van der Waals surface area contributed by atoms with Crippen molar-refractivity contribution in [1.82, 2.24) is 5.32 Å². The maximum Gasteiger partial charge on any atom is 0.423 e. The molecular weight excluding hydrogens is 320 g/mol. The largest absolute Gasteiger partial charge is 0.423 e. The van der Waals surface area contributed by atoms with Crippen LogP contribution in [0.4, 0.5) is 26.3 Å². The SMILES string of the molecule is CC(C)NCc1ccc(COC(C(F)(F)F)C(F)(F)F)s1. The van der Waals surface area contributed by atoms with Crippen LogP contribution in [0.2, 0.25) is 0 Å². The predicted molar refractivity (Wildman–Crippen MR) is 67.0 cm³/mol. The number of thiophene rings is 1. The summed E-state index contributed by atoms with van der Waals surface area (Å²) < 4.78 is 77.7. The summed E-state index contributed by atoms with van der Waals surface area (Å²) in [7, 11) is 0. The lowest BCUT2D eigenvalue weighted by Crippen LogP contribution is -2.44. The maximum absolute atomic E-state index is 12.3. The minimum Gasteiger partial charge on any atom is -0.355 e. The lowest BCUT2D eigenvalue weighted by atomic mass is 10.3. The Kier molecular flexibility index (Phi) is 6.06. The molecular formula is C12H15F6NOS. The summed E-state index contributed by atoms with van der Waals surface area (Å²) in [6.45, 7) is 3.63. The number of ether oxygens (including phenoxy) is 1. The van der Waals surface area contributed by atoms with Crippen LogP contribution in [0, 0.1) is 0 Å². The minimum atomic E-state index is -5.47. The number of hydrogen-bond donors (Lipinski definition) is 1. The Hall–Kier alpha value is -0.800. The second-order valence-corrected chi connectivity index (χ2v) is 5.93. The summed E-state index contributed by atoms with van der Waals surface area (Å²) in [5.41, 5.74) is 0. The highest BCUT2D eigenvalue weighted by molar-refractivity contribution is 7.11. The van der Waals surface area contributed by atoms with Crippen molar-refractivity contribution in [2.45, 2.75) is 51.5 Å². The molecule has 0 aliphatic rings. The fourth-order valence-electron chi connectivity index (χ4n) is 1.44. The van der Waals surface area contributed by atoms with E-state index in [2.05, 4.69) is 10.1 Å². The summed E-state index contributed by atoms with van der Waals surface area (Å²) in [5, 5.41) is 3.10. The van der Waals surface area contributed by atoms with E-state index in [0.717, 1.165) is 16.2 Å². The van der Waals surface area contributed by atoms with Crippen LogP contribution in [0.1, 0.15) is 23.6 Å². The summed E-state index contributed by atoms with van der Waals surface area (Å²) in [6.07, 6.45) is -14.7. The van der Waals surface area contributed by atoms with E-state index in [1.807, 2.05) is 13.8 Å². The van der Waals surface area contributed by atoms with Crippen molar-refractivity contribution in [3.05, 3.63) is 21.9 Å². The summed E-state index contributed by atoms with van der Waals surface area (Å²) in [5.74, 6) is 0. The van der Waals surface area contributed by atoms with Crippen LogP contribution in [0.15, 0.2) is 12.1 Å². The molecule has 0 saturated carbocycles. The number of hydrogen-bond acceptors (Lipinski definition) is 3. The molecule has 0 radical (unpaired) electrons. The highest BCUT2D eigenvalue weighted by Gasteiger charge is 2.57. The molecule has 0 saturated heterocycles. The van der Waals surface area contributed by atoms with Gasteiger partial charge in [-0.2, -0.15) is 26.3 Å². The Morgan fingerprint density at radius 1 is 1.05 bits per heavy atom. The van der Waals surface area contributed by atoms with Crippen molar-refractivity contribution in [3.8, 4) is 0 Å². The molecule has 1 aromatic rings. The number of rotatable bonds is 6. The van der Waals surface area contributed by atoms with E-state index < -0.39 is 25.1 Å². The standard InChI is InChI=1S/C12H15F6NOS/c1-7(2)19-5-8-3-4-9(21-8)6-20-10(11(13,14)15)12(16,17)18/h3-4,7,10,19H,5-6H2,1-2H3. The van der Waals surface area contributed by atoms with Gasteiger partial charge in [0, 0.05) is 22.3 Å². The Morgan fingerprint density at radius 2 is 1.57 bits per heavy atom. The van der Waals surface area contributed by atoms with Gasteiger partial charge in [0.05, 0.1) is 6.61 Å². The molecule has 2 nitrogen and oxygen atoms in total. The fourth-order valence-corrected chi connectivity index (χ4v) is 2.33. The van der Waals surface area contributed by atoms with Gasteiger partial charge in [-0.15, -0.1) is 11.3 Å². The van der Waals surface area contributed by atoms with Gasteiger partial charge < -0.3 is 10.1 Å². The smallest absolute Gasteiger partial charge is 0.355 e. The van der Waals surface area contributed by atoms with Crippen molar-refractivity contribution in [3.63, 3.8) is 0 Å². The van der Waals surface area contributed by atoms with Gasteiger partial charge in [-0.1, -0.05) is 13.8 Å². The summed E-state index contributed by atoms with van der Waals surface area (Å²) in [4.78, 5) is 1.13. The molecule has 0 unspecified atom stereocenters. The number of nitrogens with one attached hydrogen (secondary N) is 1. The van der Waals surface area contributed by atoms with Crippen molar-refractivity contribution < 1.29 is 31.1 Å². The topological polar surface area (TPSA) is 21.3 Å². The quantitative estimate of drug-likeness (QED) is 0.785. The summed E-state index contributed by atoms with van der Waals surface area (Å²) >= 11 is 1.12. The Morgan fingerprint density at radius 3 is 2.05 bits per heavy atom. The van der Waals surface area contributed by atoms with Gasteiger partial charge in [0.1, 0.15) is 0 Å². The van der Waals surface area contributed by atoms with Crippen molar-refractivity contribution in [1.29, 1.82) is 0 Å². The van der Waals surface area contributed by atoms with Crippen LogP contribution in [-0.2, 0) is 17.9 Å². The first-order valence-corrected chi connectivity index (χ1v) is 6.88. The third-order valence-electron chi connectivity index (χ3n) is 2.39. The molecule has 0 atom stereocenters. The zero-order chi connectivity index (χ0) is 16.3. The van der Waals surface area contributed by atoms with E-state index in [4.69, 9.17) is 0 Å². The first kappa shape index (κ1) is 18.2. The van der Waals surface area contributed by atoms with Gasteiger partial charge in [0.15, 0.2) is 0 Å². The minimum absolute atomic E-state index is 0.228. The first-order valence-electron chi connectivity index (χ1n) is 6.06. The van der Waals surface area contributed by atoms with Gasteiger partial charge in [0.25, 0.3) is 0 Å². The van der Waals surface area contributed by atoms with Crippen LogP contribution in [0.25, 0.3) is 0 Å². The lowest BCUT2D eigenvalue weighted by molar-refractivity contribution is -0.324. The molecule has 0 aliphatic carbocycles. The van der Waals surface area contributed by atoms with Crippen LogP contribution >= 0.6 is 11.3 Å². The molecule has 21 heavy (non-hydrogen) atoms. The van der Waals surface area contributed by atoms with Crippen LogP contribution in [0.5, 0.6) is 0 Å². The van der Waals surface area contributed by atoms with E-state index in [9.17, 15) is 26.3 Å². The third-order valence-corrected chi connectivity index (χ3v) is 3.45. The molecule has 0 fully saturated rings. The van der Waals surface area contributed by atoms with Gasteiger partial charge in [0.2, 0.25) is 6.10 Å². The monoisotopic (exact) mass is 335 g/mol. The number of halogens is 6. The van der Waals surface area contributed by atoms with Crippen molar-refractivity contribution >= 4 is 11.3 Å². The Labute approximate surface area is 122 Å². The zero-order valence-electron chi connectivity index (χ0n) is 11.3. The molecule has 1 heterocycles. The van der Waals surface area contributed by atoms with Crippen molar-refractivity contribution in [2.75, 3.05) is 0 Å². The molecule has 1 rings (SSSR count). The molecule has 0 aromatic carbocycles. The molecule has 1 aromatic heterocycles. The molecule has 0 spiro atoms. The molecule has 1 N–H and O–H groups in total. The average Bonchev–Trinajstić information content (AvgIpc) is 2.70. The highest BCUT2D eigenvalue weighted by Crippen LogP contribution is 2.36. The van der Waals surface area contributed by atoms with E-state index in [0.29, 0.717) is 11.4 Å². The van der Waals surface area contributed by atoms with E-state index in [-0.39, 0.29) is 6.04 Å². The van der Waals surface area contributed by atoms with E-state index >= 15 is 0 Å². The summed E-state index contributed by atoms with van der Waals surface area (Å²) in [6, 6.07) is 3.34. The fraction of sp³-hybridized carbons (Fsp3) is 0.667. The Balaban J connectivity index is 2.61. The predicted octanol–water partition coefficient (Wildman–Crippen LogP) is 4.26. The van der Waals surface area contributed by atoms with Crippen LogP contribution < -0.4 is 5.32 Å². The molecule has 0 aliphatic heterocycles. The zero-order valence-corrected chi connectivity index (χ0v) is 12.1. The third kappa shape index (κ3) is 6.23. The molecule has 9 heteroatoms. The van der Waals surface area contributed by atoms with Gasteiger partial charge >= 0.3 is 12.4 Å².